The minimum atomic E-state index is -0.152. The number of aromatic amines is 1. The van der Waals surface area contributed by atoms with Gasteiger partial charge in [0.15, 0.2) is 5.65 Å². The Kier molecular flexibility index (Phi) is 3.65. The number of nitrogens with zero attached hydrogens (tertiary/aromatic N) is 3. The Morgan fingerprint density at radius 2 is 1.88 bits per heavy atom. The number of rotatable bonds is 3. The molecule has 0 aliphatic carbocycles. The third kappa shape index (κ3) is 2.50. The minimum absolute atomic E-state index is 0.152. The summed E-state index contributed by atoms with van der Waals surface area (Å²) in [5.74, 6) is 1.39. The second kappa shape index (κ2) is 5.96. The summed E-state index contributed by atoms with van der Waals surface area (Å²) >= 11 is 0. The van der Waals surface area contributed by atoms with Gasteiger partial charge in [-0.05, 0) is 42.2 Å². The number of anilines is 1. The Hall–Kier alpha value is -2.89. The molecule has 3 heterocycles. The first-order chi connectivity index (χ1) is 11.8. The lowest BCUT2D eigenvalue weighted by Crippen LogP contribution is -2.24. The number of benzene rings is 1. The smallest absolute Gasteiger partial charge is 0.262 e. The van der Waals surface area contributed by atoms with Crippen molar-refractivity contribution >= 4 is 17.0 Å². The average molecular weight is 322 g/mol. The molecule has 1 aliphatic heterocycles. The van der Waals surface area contributed by atoms with Gasteiger partial charge in [-0.15, -0.1) is 0 Å². The van der Waals surface area contributed by atoms with Crippen molar-refractivity contribution in [3.05, 3.63) is 46.9 Å². The van der Waals surface area contributed by atoms with Crippen molar-refractivity contribution in [2.45, 2.75) is 12.8 Å². The number of nitrogens with one attached hydrogen (secondary N) is 1. The van der Waals surface area contributed by atoms with Gasteiger partial charge in [-0.3, -0.25) is 9.78 Å². The molecule has 0 atom stereocenters. The summed E-state index contributed by atoms with van der Waals surface area (Å²) in [6.07, 6.45) is 3.95. The molecule has 0 spiro atoms. The number of pyridine rings is 1. The molecule has 2 aromatic heterocycles. The Morgan fingerprint density at radius 1 is 1.12 bits per heavy atom. The molecule has 1 saturated heterocycles. The molecule has 0 unspecified atom stereocenters. The van der Waals surface area contributed by atoms with E-state index < -0.39 is 0 Å². The molecule has 1 aliphatic rings. The van der Waals surface area contributed by atoms with Crippen molar-refractivity contribution in [1.29, 1.82) is 0 Å². The fraction of sp³-hybridized carbons (Fsp3) is 0.278. The summed E-state index contributed by atoms with van der Waals surface area (Å²) in [7, 11) is 1.63. The highest BCUT2D eigenvalue weighted by Crippen LogP contribution is 2.27. The maximum atomic E-state index is 12.7. The predicted octanol–water partition coefficient (Wildman–Crippen LogP) is 2.59. The highest BCUT2D eigenvalue weighted by Gasteiger charge is 2.17. The van der Waals surface area contributed by atoms with Gasteiger partial charge >= 0.3 is 0 Å². The molecular formula is C18H18N4O2. The molecule has 6 nitrogen and oxygen atoms in total. The van der Waals surface area contributed by atoms with E-state index in [9.17, 15) is 4.79 Å². The van der Waals surface area contributed by atoms with Gasteiger partial charge in [-0.2, -0.15) is 4.98 Å². The van der Waals surface area contributed by atoms with E-state index in [1.807, 2.05) is 30.3 Å². The number of methoxy groups -OCH3 is 1. The number of hydrogen-bond donors (Lipinski definition) is 1. The first kappa shape index (κ1) is 14.7. The summed E-state index contributed by atoms with van der Waals surface area (Å²) in [6, 6.07) is 9.46. The van der Waals surface area contributed by atoms with E-state index in [0.29, 0.717) is 17.0 Å². The lowest BCUT2D eigenvalue weighted by atomic mass is 10.0. The van der Waals surface area contributed by atoms with Gasteiger partial charge in [0.05, 0.1) is 12.5 Å². The van der Waals surface area contributed by atoms with Crippen LogP contribution in [-0.4, -0.2) is 35.2 Å². The van der Waals surface area contributed by atoms with E-state index in [1.54, 1.807) is 13.3 Å². The maximum absolute atomic E-state index is 12.7. The molecule has 1 N–H and O–H groups in total. The SMILES string of the molecule is COc1ccc(-c2ccnc3nc(N4CCCC4)[nH]c(=O)c23)cc1. The van der Waals surface area contributed by atoms with Gasteiger partial charge in [0, 0.05) is 19.3 Å². The van der Waals surface area contributed by atoms with Crippen LogP contribution >= 0.6 is 0 Å². The van der Waals surface area contributed by atoms with E-state index >= 15 is 0 Å². The Bertz CT molecular complexity index is 928. The van der Waals surface area contributed by atoms with E-state index in [0.717, 1.165) is 42.8 Å². The summed E-state index contributed by atoms with van der Waals surface area (Å²) in [5, 5.41) is 0.519. The molecule has 0 amide bonds. The monoisotopic (exact) mass is 322 g/mol. The van der Waals surface area contributed by atoms with Gasteiger partial charge in [-0.25, -0.2) is 4.98 Å². The number of fused-ring (bicyclic) bond motifs is 1. The van der Waals surface area contributed by atoms with Crippen LogP contribution in [0.15, 0.2) is 41.3 Å². The van der Waals surface area contributed by atoms with Gasteiger partial charge in [-0.1, -0.05) is 12.1 Å². The normalized spacial score (nSPS) is 14.3. The van der Waals surface area contributed by atoms with Crippen LogP contribution in [0.1, 0.15) is 12.8 Å². The Morgan fingerprint density at radius 3 is 2.58 bits per heavy atom. The number of aromatic nitrogens is 3. The van der Waals surface area contributed by atoms with Crippen molar-refractivity contribution in [3.8, 4) is 16.9 Å². The fourth-order valence-corrected chi connectivity index (χ4v) is 3.14. The van der Waals surface area contributed by atoms with Crippen molar-refractivity contribution in [2.24, 2.45) is 0 Å². The van der Waals surface area contributed by atoms with Gasteiger partial charge < -0.3 is 9.64 Å². The van der Waals surface area contributed by atoms with Crippen LogP contribution in [0.5, 0.6) is 5.75 Å². The van der Waals surface area contributed by atoms with Gasteiger partial charge in [0.1, 0.15) is 5.75 Å². The van der Waals surface area contributed by atoms with Crippen LogP contribution in [-0.2, 0) is 0 Å². The van der Waals surface area contributed by atoms with Crippen molar-refractivity contribution < 1.29 is 4.74 Å². The molecule has 122 valence electrons. The van der Waals surface area contributed by atoms with Gasteiger partial charge in [0.25, 0.3) is 5.56 Å². The molecular weight excluding hydrogens is 304 g/mol. The third-order valence-electron chi connectivity index (χ3n) is 4.40. The highest BCUT2D eigenvalue weighted by molar-refractivity contribution is 5.92. The zero-order valence-electron chi connectivity index (χ0n) is 13.5. The molecule has 0 saturated carbocycles. The quantitative estimate of drug-likeness (QED) is 0.802. The van der Waals surface area contributed by atoms with E-state index in [2.05, 4.69) is 19.9 Å². The zero-order valence-corrected chi connectivity index (χ0v) is 13.5. The molecule has 0 bridgehead atoms. The lowest BCUT2D eigenvalue weighted by molar-refractivity contribution is 0.415. The first-order valence-corrected chi connectivity index (χ1v) is 8.04. The largest absolute Gasteiger partial charge is 0.497 e. The highest BCUT2D eigenvalue weighted by atomic mass is 16.5. The molecule has 24 heavy (non-hydrogen) atoms. The average Bonchev–Trinajstić information content (AvgIpc) is 3.16. The molecule has 1 fully saturated rings. The van der Waals surface area contributed by atoms with Crippen molar-refractivity contribution in [3.63, 3.8) is 0 Å². The maximum Gasteiger partial charge on any atom is 0.262 e. The van der Waals surface area contributed by atoms with Crippen molar-refractivity contribution in [1.82, 2.24) is 15.0 Å². The summed E-state index contributed by atoms with van der Waals surface area (Å²) in [4.78, 5) is 26.6. The third-order valence-corrected chi connectivity index (χ3v) is 4.40. The van der Waals surface area contributed by atoms with Crippen LogP contribution in [0.3, 0.4) is 0 Å². The molecule has 0 radical (unpaired) electrons. The van der Waals surface area contributed by atoms with E-state index in [4.69, 9.17) is 4.74 Å². The molecule has 1 aromatic carbocycles. The molecule has 6 heteroatoms. The Balaban J connectivity index is 1.86. The number of ether oxygens (including phenoxy) is 1. The minimum Gasteiger partial charge on any atom is -0.497 e. The second-order valence-electron chi connectivity index (χ2n) is 5.87. The van der Waals surface area contributed by atoms with E-state index in [-0.39, 0.29) is 5.56 Å². The fourth-order valence-electron chi connectivity index (χ4n) is 3.14. The van der Waals surface area contributed by atoms with Crippen LogP contribution in [0.4, 0.5) is 5.95 Å². The summed E-state index contributed by atoms with van der Waals surface area (Å²) < 4.78 is 5.19. The topological polar surface area (TPSA) is 71.1 Å². The van der Waals surface area contributed by atoms with Gasteiger partial charge in [0.2, 0.25) is 5.95 Å². The van der Waals surface area contributed by atoms with E-state index in [1.165, 1.54) is 0 Å². The standard InChI is InChI=1S/C18H18N4O2/c1-24-13-6-4-12(5-7-13)14-8-9-19-16-15(14)17(23)21-18(20-16)22-10-2-3-11-22/h4-9H,2-3,10-11H2,1H3,(H,19,20,21,23). The van der Waals surface area contributed by atoms with Crippen LogP contribution in [0, 0.1) is 0 Å². The first-order valence-electron chi connectivity index (χ1n) is 8.04. The summed E-state index contributed by atoms with van der Waals surface area (Å²) in [5.41, 5.74) is 2.09. The zero-order chi connectivity index (χ0) is 16.5. The lowest BCUT2D eigenvalue weighted by Gasteiger charge is -2.16. The van der Waals surface area contributed by atoms with Crippen LogP contribution in [0.25, 0.3) is 22.2 Å². The Labute approximate surface area is 139 Å². The van der Waals surface area contributed by atoms with Crippen LogP contribution in [0.2, 0.25) is 0 Å². The molecule has 4 rings (SSSR count). The number of hydrogen-bond acceptors (Lipinski definition) is 5. The van der Waals surface area contributed by atoms with Crippen LogP contribution < -0.4 is 15.2 Å². The van der Waals surface area contributed by atoms with Crippen molar-refractivity contribution in [2.75, 3.05) is 25.1 Å². The number of H-pyrrole nitrogens is 1. The molecule has 3 aromatic rings. The second-order valence-corrected chi connectivity index (χ2v) is 5.87. The summed E-state index contributed by atoms with van der Waals surface area (Å²) in [6.45, 7) is 1.85. The predicted molar refractivity (Wildman–Crippen MR) is 93.6 cm³/mol.